The Morgan fingerprint density at radius 2 is 1.88 bits per heavy atom. The first kappa shape index (κ1) is 18.4. The molecule has 0 aliphatic carbocycles. The number of fused-ring (bicyclic) bond motifs is 1. The highest BCUT2D eigenvalue weighted by molar-refractivity contribution is 6.32. The summed E-state index contributed by atoms with van der Waals surface area (Å²) in [6.45, 7) is 5.09. The molecule has 6 heteroatoms. The summed E-state index contributed by atoms with van der Waals surface area (Å²) in [4.78, 5) is 12.4. The Kier molecular flexibility index (Phi) is 5.89. The molecule has 0 radical (unpaired) electrons. The topological polar surface area (TPSA) is 56.8 Å². The average molecular weight is 376 g/mol. The number of benzene rings is 2. The SMILES string of the molecule is CC(C)[C@H](NC(=O)COc1ccccc1Cl)c1ccc2c(c1)OCCO2. The number of rotatable bonds is 6. The Bertz CT molecular complexity index is 778. The molecule has 0 spiro atoms. The predicted molar refractivity (Wildman–Crippen MR) is 100 cm³/mol. The fourth-order valence-electron chi connectivity index (χ4n) is 2.81. The first-order valence-electron chi connectivity index (χ1n) is 8.61. The Hall–Kier alpha value is -2.40. The molecule has 1 heterocycles. The van der Waals surface area contributed by atoms with Crippen molar-refractivity contribution in [2.45, 2.75) is 19.9 Å². The first-order chi connectivity index (χ1) is 12.5. The van der Waals surface area contributed by atoms with Crippen LogP contribution in [-0.2, 0) is 4.79 Å². The molecule has 3 rings (SSSR count). The highest BCUT2D eigenvalue weighted by Gasteiger charge is 2.21. The van der Waals surface area contributed by atoms with E-state index < -0.39 is 0 Å². The number of carbonyl (C=O) groups is 1. The number of ether oxygens (including phenoxy) is 3. The molecule has 0 fully saturated rings. The van der Waals surface area contributed by atoms with E-state index in [9.17, 15) is 4.79 Å². The molecule has 1 atom stereocenters. The maximum absolute atomic E-state index is 12.4. The third kappa shape index (κ3) is 4.41. The van der Waals surface area contributed by atoms with Gasteiger partial charge < -0.3 is 19.5 Å². The van der Waals surface area contributed by atoms with E-state index in [0.717, 1.165) is 11.3 Å². The lowest BCUT2D eigenvalue weighted by Crippen LogP contribution is -2.35. The van der Waals surface area contributed by atoms with Crippen molar-refractivity contribution in [3.05, 3.63) is 53.1 Å². The lowest BCUT2D eigenvalue weighted by atomic mass is 9.95. The van der Waals surface area contributed by atoms with E-state index in [2.05, 4.69) is 19.2 Å². The normalized spacial score (nSPS) is 14.0. The van der Waals surface area contributed by atoms with Gasteiger partial charge in [0, 0.05) is 0 Å². The van der Waals surface area contributed by atoms with E-state index in [1.165, 1.54) is 0 Å². The molecule has 2 aromatic carbocycles. The Labute approximate surface area is 158 Å². The number of halogens is 1. The van der Waals surface area contributed by atoms with E-state index in [-0.39, 0.29) is 24.5 Å². The minimum absolute atomic E-state index is 0.0997. The molecule has 2 aromatic rings. The van der Waals surface area contributed by atoms with Crippen LogP contribution in [0.15, 0.2) is 42.5 Å². The minimum atomic E-state index is -0.210. The van der Waals surface area contributed by atoms with E-state index >= 15 is 0 Å². The van der Waals surface area contributed by atoms with Crippen molar-refractivity contribution < 1.29 is 19.0 Å². The number of hydrogen-bond donors (Lipinski definition) is 1. The van der Waals surface area contributed by atoms with Gasteiger partial charge in [-0.1, -0.05) is 43.6 Å². The van der Waals surface area contributed by atoms with Crippen LogP contribution in [0.2, 0.25) is 5.02 Å². The van der Waals surface area contributed by atoms with Gasteiger partial charge in [0.15, 0.2) is 18.1 Å². The summed E-state index contributed by atoms with van der Waals surface area (Å²) < 4.78 is 16.7. The maximum Gasteiger partial charge on any atom is 0.258 e. The van der Waals surface area contributed by atoms with Gasteiger partial charge >= 0.3 is 0 Å². The summed E-state index contributed by atoms with van der Waals surface area (Å²) >= 11 is 6.04. The van der Waals surface area contributed by atoms with Gasteiger partial charge in [0.1, 0.15) is 19.0 Å². The van der Waals surface area contributed by atoms with Gasteiger partial charge in [-0.15, -0.1) is 0 Å². The average Bonchev–Trinajstić information content (AvgIpc) is 2.65. The highest BCUT2D eigenvalue weighted by Crippen LogP contribution is 2.34. The molecule has 0 unspecified atom stereocenters. The van der Waals surface area contributed by atoms with Crippen molar-refractivity contribution in [3.8, 4) is 17.2 Å². The molecule has 0 saturated heterocycles. The van der Waals surface area contributed by atoms with Crippen molar-refractivity contribution >= 4 is 17.5 Å². The van der Waals surface area contributed by atoms with Crippen LogP contribution in [0.1, 0.15) is 25.5 Å². The summed E-state index contributed by atoms with van der Waals surface area (Å²) in [5.74, 6) is 1.92. The van der Waals surface area contributed by atoms with Gasteiger partial charge in [-0.3, -0.25) is 4.79 Å². The van der Waals surface area contributed by atoms with Crippen LogP contribution in [-0.4, -0.2) is 25.7 Å². The standard InChI is InChI=1S/C20H22ClNO4/c1-13(2)20(14-7-8-17-18(11-14)25-10-9-24-17)22-19(23)12-26-16-6-4-3-5-15(16)21/h3-8,11,13,20H,9-10,12H2,1-2H3,(H,22,23)/t20-/m0/s1. The van der Waals surface area contributed by atoms with Crippen LogP contribution in [0.25, 0.3) is 0 Å². The molecule has 0 saturated carbocycles. The summed E-state index contributed by atoms with van der Waals surface area (Å²) in [5, 5.41) is 3.51. The summed E-state index contributed by atoms with van der Waals surface area (Å²) in [6.07, 6.45) is 0. The van der Waals surface area contributed by atoms with E-state index in [0.29, 0.717) is 29.7 Å². The number of para-hydroxylation sites is 1. The predicted octanol–water partition coefficient (Wildman–Crippen LogP) is 4.00. The number of nitrogens with one attached hydrogen (secondary N) is 1. The summed E-state index contributed by atoms with van der Waals surface area (Å²) in [7, 11) is 0. The maximum atomic E-state index is 12.4. The van der Waals surface area contributed by atoms with Gasteiger partial charge in [-0.05, 0) is 35.7 Å². The number of hydrogen-bond acceptors (Lipinski definition) is 4. The van der Waals surface area contributed by atoms with Crippen LogP contribution in [0.3, 0.4) is 0 Å². The third-order valence-electron chi connectivity index (χ3n) is 4.10. The number of amides is 1. The van der Waals surface area contributed by atoms with Gasteiger partial charge in [0.05, 0.1) is 11.1 Å². The summed E-state index contributed by atoms with van der Waals surface area (Å²) in [6, 6.07) is 12.7. The molecule has 0 aromatic heterocycles. The highest BCUT2D eigenvalue weighted by atomic mass is 35.5. The quantitative estimate of drug-likeness (QED) is 0.829. The molecule has 1 N–H and O–H groups in total. The largest absolute Gasteiger partial charge is 0.486 e. The fourth-order valence-corrected chi connectivity index (χ4v) is 3.00. The lowest BCUT2D eigenvalue weighted by Gasteiger charge is -2.25. The third-order valence-corrected chi connectivity index (χ3v) is 4.42. The Morgan fingerprint density at radius 3 is 2.62 bits per heavy atom. The van der Waals surface area contributed by atoms with Gasteiger partial charge in [-0.25, -0.2) is 0 Å². The molecule has 26 heavy (non-hydrogen) atoms. The molecule has 1 amide bonds. The number of carbonyl (C=O) groups excluding carboxylic acids is 1. The van der Waals surface area contributed by atoms with Crippen LogP contribution < -0.4 is 19.5 Å². The molecular formula is C20H22ClNO4. The first-order valence-corrected chi connectivity index (χ1v) is 8.98. The monoisotopic (exact) mass is 375 g/mol. The Balaban J connectivity index is 1.66. The van der Waals surface area contributed by atoms with Crippen LogP contribution in [0, 0.1) is 5.92 Å². The van der Waals surface area contributed by atoms with Crippen molar-refractivity contribution in [2.75, 3.05) is 19.8 Å². The Morgan fingerprint density at radius 1 is 1.15 bits per heavy atom. The molecular weight excluding hydrogens is 354 g/mol. The smallest absolute Gasteiger partial charge is 0.258 e. The molecule has 5 nitrogen and oxygen atoms in total. The summed E-state index contributed by atoms with van der Waals surface area (Å²) in [5.41, 5.74) is 0.968. The molecule has 1 aliphatic heterocycles. The van der Waals surface area contributed by atoms with Crippen molar-refractivity contribution in [1.82, 2.24) is 5.32 Å². The van der Waals surface area contributed by atoms with Crippen LogP contribution in [0.5, 0.6) is 17.2 Å². The second-order valence-electron chi connectivity index (χ2n) is 6.41. The minimum Gasteiger partial charge on any atom is -0.486 e. The van der Waals surface area contributed by atoms with Gasteiger partial charge in [-0.2, -0.15) is 0 Å². The molecule has 138 valence electrons. The van der Waals surface area contributed by atoms with E-state index in [1.54, 1.807) is 12.1 Å². The second kappa shape index (κ2) is 8.32. The van der Waals surface area contributed by atoms with Gasteiger partial charge in [0.25, 0.3) is 5.91 Å². The second-order valence-corrected chi connectivity index (χ2v) is 6.82. The van der Waals surface area contributed by atoms with Crippen LogP contribution in [0.4, 0.5) is 0 Å². The van der Waals surface area contributed by atoms with E-state index in [1.807, 2.05) is 30.3 Å². The molecule has 0 bridgehead atoms. The van der Waals surface area contributed by atoms with Gasteiger partial charge in [0.2, 0.25) is 0 Å². The van der Waals surface area contributed by atoms with Crippen molar-refractivity contribution in [2.24, 2.45) is 5.92 Å². The zero-order valence-corrected chi connectivity index (χ0v) is 15.6. The fraction of sp³-hybridized carbons (Fsp3) is 0.350. The zero-order chi connectivity index (χ0) is 18.5. The van der Waals surface area contributed by atoms with Crippen LogP contribution >= 0.6 is 11.6 Å². The van der Waals surface area contributed by atoms with Crippen molar-refractivity contribution in [3.63, 3.8) is 0 Å². The molecule has 1 aliphatic rings. The van der Waals surface area contributed by atoms with E-state index in [4.69, 9.17) is 25.8 Å². The zero-order valence-electron chi connectivity index (χ0n) is 14.8. The lowest BCUT2D eigenvalue weighted by molar-refractivity contribution is -0.124. The van der Waals surface area contributed by atoms with Crippen molar-refractivity contribution in [1.29, 1.82) is 0 Å².